The second-order valence-electron chi connectivity index (χ2n) is 6.59. The molecule has 0 aliphatic carbocycles. The fourth-order valence-electron chi connectivity index (χ4n) is 3.03. The molecule has 2 aromatic rings. The number of pyridine rings is 1. The lowest BCUT2D eigenvalue weighted by Gasteiger charge is -2.15. The third kappa shape index (κ3) is 5.03. The van der Waals surface area contributed by atoms with E-state index in [1.165, 1.54) is 18.3 Å². The molecule has 2 atom stereocenters. The van der Waals surface area contributed by atoms with E-state index < -0.39 is 41.5 Å². The summed E-state index contributed by atoms with van der Waals surface area (Å²) in [7, 11) is 0. The quantitative estimate of drug-likeness (QED) is 0.613. The van der Waals surface area contributed by atoms with Crippen molar-refractivity contribution in [2.75, 3.05) is 11.9 Å². The Balaban J connectivity index is 1.62. The van der Waals surface area contributed by atoms with Crippen molar-refractivity contribution in [2.24, 2.45) is 5.92 Å². The minimum Gasteiger partial charge on any atom is -0.479 e. The molecule has 30 heavy (non-hydrogen) atoms. The van der Waals surface area contributed by atoms with E-state index in [0.717, 1.165) is 12.1 Å². The Morgan fingerprint density at radius 1 is 1.23 bits per heavy atom. The summed E-state index contributed by atoms with van der Waals surface area (Å²) < 4.78 is 57.4. The molecule has 2 heterocycles. The van der Waals surface area contributed by atoms with Crippen molar-refractivity contribution < 1.29 is 37.0 Å². The zero-order valence-corrected chi connectivity index (χ0v) is 15.4. The minimum atomic E-state index is -4.74. The standard InChI is InChI=1S/C19H17F4N3O4/c20-10-1-4-15(14(7-10)19(21,22)23)26-12-3-2-11(24-9-12)8-25-17(27)13-5-6-30-16(13)18(28)29/h1-4,7,9,13,16,26H,5-6,8H2,(H,25,27)(H,28,29). The third-order valence-corrected chi connectivity index (χ3v) is 4.51. The van der Waals surface area contributed by atoms with Gasteiger partial charge in [-0.25, -0.2) is 9.18 Å². The number of nitrogens with zero attached hydrogens (tertiary/aromatic N) is 1. The maximum Gasteiger partial charge on any atom is 0.418 e. The number of carboxylic acid groups (broad SMARTS) is 1. The number of rotatable bonds is 6. The van der Waals surface area contributed by atoms with Gasteiger partial charge in [0.25, 0.3) is 0 Å². The van der Waals surface area contributed by atoms with Crippen LogP contribution in [0.4, 0.5) is 28.9 Å². The van der Waals surface area contributed by atoms with Gasteiger partial charge < -0.3 is 20.5 Å². The van der Waals surface area contributed by atoms with Crippen LogP contribution in [0, 0.1) is 11.7 Å². The maximum absolute atomic E-state index is 13.2. The van der Waals surface area contributed by atoms with Crippen LogP contribution in [0.25, 0.3) is 0 Å². The Hall–Kier alpha value is -3.21. The lowest BCUT2D eigenvalue weighted by molar-refractivity contribution is -0.152. The minimum absolute atomic E-state index is 0.00625. The third-order valence-electron chi connectivity index (χ3n) is 4.51. The van der Waals surface area contributed by atoms with E-state index in [0.29, 0.717) is 11.8 Å². The molecule has 1 aliphatic heterocycles. The highest BCUT2D eigenvalue weighted by atomic mass is 19.4. The van der Waals surface area contributed by atoms with Crippen LogP contribution in [0.15, 0.2) is 36.5 Å². The molecule has 1 fully saturated rings. The molecule has 1 saturated heterocycles. The zero-order chi connectivity index (χ0) is 21.9. The first-order valence-electron chi connectivity index (χ1n) is 8.86. The van der Waals surface area contributed by atoms with Crippen LogP contribution in [0.3, 0.4) is 0 Å². The lowest BCUT2D eigenvalue weighted by Crippen LogP contribution is -2.38. The number of amides is 1. The number of carboxylic acids is 1. The average Bonchev–Trinajstić information content (AvgIpc) is 3.18. The molecule has 3 rings (SSSR count). The summed E-state index contributed by atoms with van der Waals surface area (Å²) in [5.41, 5.74) is -0.828. The Kier molecular flexibility index (Phi) is 6.20. The van der Waals surface area contributed by atoms with Gasteiger partial charge in [0.05, 0.1) is 41.3 Å². The van der Waals surface area contributed by atoms with Crippen molar-refractivity contribution in [2.45, 2.75) is 25.2 Å². The lowest BCUT2D eigenvalue weighted by atomic mass is 10.0. The molecule has 1 aliphatic rings. The zero-order valence-electron chi connectivity index (χ0n) is 15.4. The molecular weight excluding hydrogens is 410 g/mol. The van der Waals surface area contributed by atoms with Gasteiger partial charge in [0.15, 0.2) is 6.10 Å². The number of hydrogen-bond acceptors (Lipinski definition) is 5. The maximum atomic E-state index is 13.2. The smallest absolute Gasteiger partial charge is 0.418 e. The van der Waals surface area contributed by atoms with Crippen molar-refractivity contribution in [3.8, 4) is 0 Å². The van der Waals surface area contributed by atoms with Gasteiger partial charge in [-0.3, -0.25) is 9.78 Å². The summed E-state index contributed by atoms with van der Waals surface area (Å²) in [4.78, 5) is 27.3. The largest absolute Gasteiger partial charge is 0.479 e. The van der Waals surface area contributed by atoms with Crippen LogP contribution >= 0.6 is 0 Å². The first kappa shape index (κ1) is 21.5. The number of benzene rings is 1. The van der Waals surface area contributed by atoms with Gasteiger partial charge in [-0.05, 0) is 36.8 Å². The van der Waals surface area contributed by atoms with Crippen LogP contribution in [0.5, 0.6) is 0 Å². The number of alkyl halides is 3. The molecule has 7 nitrogen and oxygen atoms in total. The normalized spacial score (nSPS) is 18.8. The van der Waals surface area contributed by atoms with Crippen LogP contribution < -0.4 is 10.6 Å². The Labute approximate surface area is 168 Å². The fourth-order valence-corrected chi connectivity index (χ4v) is 3.03. The Bertz CT molecular complexity index is 934. The molecule has 0 radical (unpaired) electrons. The Morgan fingerprint density at radius 2 is 2.00 bits per heavy atom. The number of halogens is 4. The van der Waals surface area contributed by atoms with Crippen molar-refractivity contribution in [1.82, 2.24) is 10.3 Å². The van der Waals surface area contributed by atoms with E-state index in [1.807, 2.05) is 0 Å². The predicted octanol–water partition coefficient (Wildman–Crippen LogP) is 3.09. The summed E-state index contributed by atoms with van der Waals surface area (Å²) in [5, 5.41) is 14.2. The van der Waals surface area contributed by atoms with Crippen LogP contribution in [-0.2, 0) is 27.0 Å². The molecule has 0 saturated carbocycles. The van der Waals surface area contributed by atoms with E-state index in [4.69, 9.17) is 9.84 Å². The molecule has 0 bridgehead atoms. The van der Waals surface area contributed by atoms with Gasteiger partial charge in [-0.2, -0.15) is 13.2 Å². The second-order valence-corrected chi connectivity index (χ2v) is 6.59. The van der Waals surface area contributed by atoms with Gasteiger partial charge in [-0.15, -0.1) is 0 Å². The molecule has 1 amide bonds. The number of ether oxygens (including phenoxy) is 1. The number of carbonyl (C=O) groups excluding carboxylic acids is 1. The van der Waals surface area contributed by atoms with Gasteiger partial charge in [0.2, 0.25) is 5.91 Å². The molecule has 11 heteroatoms. The first-order valence-corrected chi connectivity index (χ1v) is 8.86. The number of aromatic nitrogens is 1. The van der Waals surface area contributed by atoms with Crippen LogP contribution in [0.1, 0.15) is 17.7 Å². The molecular formula is C19H17F4N3O4. The number of aliphatic carboxylic acids is 1. The highest BCUT2D eigenvalue weighted by Gasteiger charge is 2.39. The van der Waals surface area contributed by atoms with Crippen LogP contribution in [0.2, 0.25) is 0 Å². The fraction of sp³-hybridized carbons (Fsp3) is 0.316. The average molecular weight is 427 g/mol. The highest BCUT2D eigenvalue weighted by molar-refractivity contribution is 5.86. The van der Waals surface area contributed by atoms with E-state index in [1.54, 1.807) is 0 Å². The topological polar surface area (TPSA) is 101 Å². The van der Waals surface area contributed by atoms with Gasteiger partial charge in [0.1, 0.15) is 5.82 Å². The summed E-state index contributed by atoms with van der Waals surface area (Å²) >= 11 is 0. The SMILES string of the molecule is O=C(NCc1ccc(Nc2ccc(F)cc2C(F)(F)F)cn1)C1CCOC1C(=O)O. The second kappa shape index (κ2) is 8.66. The van der Waals surface area contributed by atoms with E-state index in [2.05, 4.69) is 15.6 Å². The van der Waals surface area contributed by atoms with Crippen molar-refractivity contribution in [3.63, 3.8) is 0 Å². The molecule has 1 aromatic carbocycles. The van der Waals surface area contributed by atoms with Gasteiger partial charge in [-0.1, -0.05) is 0 Å². The first-order chi connectivity index (χ1) is 14.1. The van der Waals surface area contributed by atoms with Crippen LogP contribution in [-0.4, -0.2) is 34.7 Å². The van der Waals surface area contributed by atoms with Crippen molar-refractivity contribution in [3.05, 3.63) is 53.6 Å². The van der Waals surface area contributed by atoms with Crippen molar-refractivity contribution >= 4 is 23.3 Å². The number of anilines is 2. The summed E-state index contributed by atoms with van der Waals surface area (Å²) in [5.74, 6) is -3.50. The monoisotopic (exact) mass is 427 g/mol. The summed E-state index contributed by atoms with van der Waals surface area (Å²) in [6, 6.07) is 5.23. The van der Waals surface area contributed by atoms with E-state index in [-0.39, 0.29) is 30.9 Å². The molecule has 1 aromatic heterocycles. The van der Waals surface area contributed by atoms with Gasteiger partial charge >= 0.3 is 12.1 Å². The van der Waals surface area contributed by atoms with E-state index in [9.17, 15) is 27.2 Å². The predicted molar refractivity (Wildman–Crippen MR) is 96.3 cm³/mol. The molecule has 0 spiro atoms. The molecule has 160 valence electrons. The number of carbonyl (C=O) groups is 2. The number of hydrogen-bond donors (Lipinski definition) is 3. The molecule has 3 N–H and O–H groups in total. The summed E-state index contributed by atoms with van der Waals surface area (Å²) in [6.45, 7) is 0.184. The number of nitrogens with one attached hydrogen (secondary N) is 2. The van der Waals surface area contributed by atoms with Gasteiger partial charge in [0, 0.05) is 6.61 Å². The highest BCUT2D eigenvalue weighted by Crippen LogP contribution is 2.36. The summed E-state index contributed by atoms with van der Waals surface area (Å²) in [6.07, 6.45) is -4.37. The van der Waals surface area contributed by atoms with Crippen molar-refractivity contribution in [1.29, 1.82) is 0 Å². The Morgan fingerprint density at radius 3 is 2.63 bits per heavy atom. The molecule has 2 unspecified atom stereocenters. The van der Waals surface area contributed by atoms with E-state index >= 15 is 0 Å².